The Labute approximate surface area is 168 Å². The molecule has 4 heteroatoms. The smallest absolute Gasteiger partial charge is 0.259 e. The number of carbonyl (C=O) groups is 1. The van der Waals surface area contributed by atoms with E-state index in [1.54, 1.807) is 11.8 Å². The minimum Gasteiger partial charge on any atom is -0.327 e. The number of hydrogen-bond donors (Lipinski definition) is 1. The molecule has 2 heterocycles. The van der Waals surface area contributed by atoms with Crippen molar-refractivity contribution in [3.05, 3.63) is 58.5 Å². The van der Waals surface area contributed by atoms with Gasteiger partial charge in [-0.25, -0.2) is 0 Å². The molecule has 0 aliphatic carbocycles. The number of nitrogens with one attached hydrogen (secondary N) is 1. The van der Waals surface area contributed by atoms with Gasteiger partial charge in [-0.15, -0.1) is 0 Å². The fourth-order valence-electron chi connectivity index (χ4n) is 4.02. The number of benzene rings is 1. The molecule has 1 N–H and O–H groups in total. The zero-order valence-electron chi connectivity index (χ0n) is 16.8. The van der Waals surface area contributed by atoms with Crippen LogP contribution in [0.2, 0.25) is 0 Å². The number of rotatable bonds is 6. The van der Waals surface area contributed by atoms with Gasteiger partial charge in [0.1, 0.15) is 5.50 Å². The molecule has 0 saturated carbocycles. The van der Waals surface area contributed by atoms with Crippen LogP contribution in [-0.2, 0) is 16.6 Å². The van der Waals surface area contributed by atoms with Gasteiger partial charge in [0.15, 0.2) is 0 Å². The number of piperidine rings is 1. The van der Waals surface area contributed by atoms with Crippen LogP contribution >= 0.6 is 11.8 Å². The summed E-state index contributed by atoms with van der Waals surface area (Å²) in [5.41, 5.74) is 3.30. The molecule has 1 unspecified atom stereocenters. The molecule has 1 amide bonds. The van der Waals surface area contributed by atoms with Crippen LogP contribution in [0.4, 0.5) is 0 Å². The first kappa shape index (κ1) is 20.2. The molecule has 1 aromatic rings. The number of nitrogens with zero attached hydrogens (tertiary/aromatic N) is 1. The molecular weight excluding hydrogens is 352 g/mol. The van der Waals surface area contributed by atoms with Gasteiger partial charge in [-0.1, -0.05) is 75.4 Å². The predicted octanol–water partition coefficient (Wildman–Crippen LogP) is 4.99. The lowest BCUT2D eigenvalue weighted by atomic mass is 9.72. The number of hydrogen-bond acceptors (Lipinski definition) is 3. The highest BCUT2D eigenvalue weighted by atomic mass is 32.2. The first-order valence-corrected chi connectivity index (χ1v) is 11.1. The van der Waals surface area contributed by atoms with E-state index >= 15 is 0 Å². The van der Waals surface area contributed by atoms with Crippen LogP contribution in [0.3, 0.4) is 0 Å². The maximum absolute atomic E-state index is 12.3. The third kappa shape index (κ3) is 4.67. The van der Waals surface area contributed by atoms with Gasteiger partial charge < -0.3 is 5.32 Å². The molecule has 2 fully saturated rings. The van der Waals surface area contributed by atoms with Crippen LogP contribution in [0, 0.1) is 0 Å². The molecule has 3 rings (SSSR count). The average molecular weight is 385 g/mol. The summed E-state index contributed by atoms with van der Waals surface area (Å²) < 4.78 is 0. The van der Waals surface area contributed by atoms with Gasteiger partial charge in [0.2, 0.25) is 0 Å². The summed E-state index contributed by atoms with van der Waals surface area (Å²) in [6.07, 6.45) is 11.6. The Bertz CT molecular complexity index is 717. The Balaban J connectivity index is 1.62. The molecule has 1 atom stereocenters. The molecule has 3 nitrogen and oxygen atoms in total. The molecule has 2 saturated heterocycles. The first-order chi connectivity index (χ1) is 13.1. The van der Waals surface area contributed by atoms with E-state index in [1.165, 1.54) is 11.1 Å². The van der Waals surface area contributed by atoms with Crippen molar-refractivity contribution >= 4 is 17.7 Å². The number of amides is 1. The van der Waals surface area contributed by atoms with Crippen molar-refractivity contribution in [1.82, 2.24) is 10.2 Å². The van der Waals surface area contributed by atoms with Gasteiger partial charge in [-0.05, 0) is 48.3 Å². The topological polar surface area (TPSA) is 32.3 Å². The third-order valence-corrected chi connectivity index (χ3v) is 7.05. The van der Waals surface area contributed by atoms with E-state index in [9.17, 15) is 4.79 Å². The average Bonchev–Trinajstić information content (AvgIpc) is 3.06. The van der Waals surface area contributed by atoms with E-state index in [4.69, 9.17) is 0 Å². The summed E-state index contributed by atoms with van der Waals surface area (Å²) in [6.45, 7) is 8.85. The summed E-state index contributed by atoms with van der Waals surface area (Å²) >= 11 is 1.66. The van der Waals surface area contributed by atoms with Gasteiger partial charge in [0.05, 0.1) is 4.91 Å². The Hall–Kier alpha value is -1.52. The highest BCUT2D eigenvalue weighted by molar-refractivity contribution is 8.05. The van der Waals surface area contributed by atoms with E-state index in [1.807, 2.05) is 12.2 Å². The number of likely N-dealkylation sites (tertiary alicyclic amines) is 1. The van der Waals surface area contributed by atoms with Gasteiger partial charge in [0, 0.05) is 13.1 Å². The second-order valence-electron chi connectivity index (χ2n) is 7.80. The molecule has 1 aromatic carbocycles. The molecule has 0 aromatic heterocycles. The summed E-state index contributed by atoms with van der Waals surface area (Å²) in [7, 11) is 0. The number of carbonyl (C=O) groups excluding carboxylic acids is 1. The zero-order valence-corrected chi connectivity index (χ0v) is 17.6. The van der Waals surface area contributed by atoms with Crippen LogP contribution < -0.4 is 5.32 Å². The van der Waals surface area contributed by atoms with E-state index in [0.29, 0.717) is 0 Å². The van der Waals surface area contributed by atoms with Crippen molar-refractivity contribution in [1.29, 1.82) is 0 Å². The minimum absolute atomic E-state index is 0.0656. The first-order valence-electron chi connectivity index (χ1n) is 10.2. The molecule has 2 aliphatic heterocycles. The van der Waals surface area contributed by atoms with Gasteiger partial charge in [0.25, 0.3) is 5.91 Å². The maximum atomic E-state index is 12.3. The number of unbranched alkanes of at least 4 members (excludes halogenated alkanes) is 1. The fraction of sp³-hybridized carbons (Fsp3) is 0.522. The summed E-state index contributed by atoms with van der Waals surface area (Å²) in [4.78, 5) is 15.5. The van der Waals surface area contributed by atoms with Crippen LogP contribution in [0.5, 0.6) is 0 Å². The van der Waals surface area contributed by atoms with E-state index in [-0.39, 0.29) is 16.8 Å². The van der Waals surface area contributed by atoms with Crippen LogP contribution in [0.15, 0.2) is 47.4 Å². The van der Waals surface area contributed by atoms with Crippen molar-refractivity contribution in [2.24, 2.45) is 0 Å². The van der Waals surface area contributed by atoms with Crippen molar-refractivity contribution < 1.29 is 4.79 Å². The molecule has 0 spiro atoms. The molecular formula is C23H32N2OS. The number of allylic oxidation sites excluding steroid dienone is 3. The second kappa shape index (κ2) is 9.11. The molecule has 0 radical (unpaired) electrons. The third-order valence-electron chi connectivity index (χ3n) is 5.84. The van der Waals surface area contributed by atoms with Crippen molar-refractivity contribution in [2.45, 2.75) is 63.8 Å². The SMILES string of the molecule is CCC/C=C\C=C1/SC(N2CCC(C)(c3ccccc3CC)CC2)NC1=O. The van der Waals surface area contributed by atoms with E-state index in [2.05, 4.69) is 61.3 Å². The summed E-state index contributed by atoms with van der Waals surface area (Å²) in [5, 5.41) is 3.15. The van der Waals surface area contributed by atoms with Crippen molar-refractivity contribution in [3.63, 3.8) is 0 Å². The van der Waals surface area contributed by atoms with Gasteiger partial charge in [-0.3, -0.25) is 9.69 Å². The molecule has 146 valence electrons. The van der Waals surface area contributed by atoms with Crippen LogP contribution in [0.1, 0.15) is 57.6 Å². The quantitative estimate of drug-likeness (QED) is 0.701. The highest BCUT2D eigenvalue weighted by Gasteiger charge is 2.38. The summed E-state index contributed by atoms with van der Waals surface area (Å²) in [5.74, 6) is 0.0656. The molecule has 27 heavy (non-hydrogen) atoms. The highest BCUT2D eigenvalue weighted by Crippen LogP contribution is 2.39. The lowest BCUT2D eigenvalue weighted by Gasteiger charge is -2.42. The Morgan fingerprint density at radius 2 is 2.00 bits per heavy atom. The van der Waals surface area contributed by atoms with E-state index < -0.39 is 0 Å². The lowest BCUT2D eigenvalue weighted by Crippen LogP contribution is -2.49. The Kier molecular flexibility index (Phi) is 6.83. The zero-order chi connectivity index (χ0) is 19.3. The Morgan fingerprint density at radius 1 is 1.26 bits per heavy atom. The summed E-state index contributed by atoms with van der Waals surface area (Å²) in [6, 6.07) is 8.89. The monoisotopic (exact) mass is 384 g/mol. The fourth-order valence-corrected chi connectivity index (χ4v) is 5.11. The van der Waals surface area contributed by atoms with Crippen molar-refractivity contribution in [3.8, 4) is 0 Å². The Morgan fingerprint density at radius 3 is 2.70 bits per heavy atom. The number of aryl methyl sites for hydroxylation is 1. The van der Waals surface area contributed by atoms with Crippen LogP contribution in [-0.4, -0.2) is 29.4 Å². The normalized spacial score (nSPS) is 24.6. The lowest BCUT2D eigenvalue weighted by molar-refractivity contribution is -0.117. The minimum atomic E-state index is 0.0656. The van der Waals surface area contributed by atoms with E-state index in [0.717, 1.165) is 50.1 Å². The standard InChI is InChI=1S/C23H32N2OS/c1-4-6-7-8-13-20-21(26)24-22(27-20)25-16-14-23(3,15-17-25)19-12-10-9-11-18(19)5-2/h7-13,22H,4-6,14-17H2,1-3H3,(H,24,26)/b8-7-,20-13-. The van der Waals surface area contributed by atoms with Crippen molar-refractivity contribution in [2.75, 3.05) is 13.1 Å². The molecule has 0 bridgehead atoms. The van der Waals surface area contributed by atoms with Gasteiger partial charge >= 0.3 is 0 Å². The van der Waals surface area contributed by atoms with Gasteiger partial charge in [-0.2, -0.15) is 0 Å². The largest absolute Gasteiger partial charge is 0.327 e. The second-order valence-corrected chi connectivity index (χ2v) is 8.92. The van der Waals surface area contributed by atoms with Crippen LogP contribution in [0.25, 0.3) is 0 Å². The maximum Gasteiger partial charge on any atom is 0.259 e. The number of thioether (sulfide) groups is 1. The molecule has 2 aliphatic rings. The predicted molar refractivity (Wildman–Crippen MR) is 116 cm³/mol.